The topological polar surface area (TPSA) is 52.1 Å². The van der Waals surface area contributed by atoms with E-state index in [4.69, 9.17) is 4.74 Å². The average Bonchev–Trinajstić information content (AvgIpc) is 2.78. The molecule has 0 unspecified atom stereocenters. The molecule has 4 rings (SSSR count). The molecule has 1 aromatic heterocycles. The van der Waals surface area contributed by atoms with E-state index in [2.05, 4.69) is 53.5 Å². The number of carbonyl (C=O) groups excluding carboxylic acids is 1. The Hall–Kier alpha value is -3.18. The van der Waals surface area contributed by atoms with Gasteiger partial charge in [-0.05, 0) is 24.6 Å². The van der Waals surface area contributed by atoms with Gasteiger partial charge in [-0.25, -0.2) is 4.79 Å². The van der Waals surface area contributed by atoms with Gasteiger partial charge >= 0.3 is 5.97 Å². The summed E-state index contributed by atoms with van der Waals surface area (Å²) < 4.78 is 4.75. The molecule has 0 N–H and O–H groups in total. The van der Waals surface area contributed by atoms with Crippen LogP contribution in [0.5, 0.6) is 0 Å². The van der Waals surface area contributed by atoms with Crippen LogP contribution in [0, 0.1) is 6.92 Å². The summed E-state index contributed by atoms with van der Waals surface area (Å²) in [5.74, 6) is 0.414. The highest BCUT2D eigenvalue weighted by Gasteiger charge is 2.12. The Bertz CT molecular complexity index is 1160. The third-order valence-electron chi connectivity index (χ3n) is 4.73. The van der Waals surface area contributed by atoms with Gasteiger partial charge in [-0.15, -0.1) is 10.2 Å². The molecule has 0 aliphatic heterocycles. The van der Waals surface area contributed by atoms with Crippen LogP contribution in [0.25, 0.3) is 22.0 Å². The average molecular weight is 401 g/mol. The van der Waals surface area contributed by atoms with Gasteiger partial charge < -0.3 is 4.74 Å². The highest BCUT2D eigenvalue weighted by molar-refractivity contribution is 7.98. The van der Waals surface area contributed by atoms with Gasteiger partial charge in [0.05, 0.1) is 12.7 Å². The number of nitrogens with zero attached hydrogens (tertiary/aromatic N) is 2. The Balaban J connectivity index is 1.61. The fourth-order valence-corrected chi connectivity index (χ4v) is 4.05. The van der Waals surface area contributed by atoms with Crippen LogP contribution in [0.2, 0.25) is 0 Å². The first kappa shape index (κ1) is 19.2. The maximum Gasteiger partial charge on any atom is 0.337 e. The number of hydrogen-bond acceptors (Lipinski definition) is 5. The first-order valence-corrected chi connectivity index (χ1v) is 10.3. The number of thioether (sulfide) groups is 1. The number of aromatic nitrogens is 2. The van der Waals surface area contributed by atoms with Crippen molar-refractivity contribution in [1.82, 2.24) is 10.2 Å². The molecule has 0 fully saturated rings. The van der Waals surface area contributed by atoms with Gasteiger partial charge in [0.2, 0.25) is 0 Å². The van der Waals surface area contributed by atoms with E-state index in [0.717, 1.165) is 38.4 Å². The zero-order valence-electron chi connectivity index (χ0n) is 16.3. The molecule has 3 aromatic carbocycles. The fraction of sp³-hybridized carbons (Fsp3) is 0.125. The van der Waals surface area contributed by atoms with E-state index < -0.39 is 0 Å². The first-order chi connectivity index (χ1) is 14.2. The number of rotatable bonds is 5. The Morgan fingerprint density at radius 2 is 1.59 bits per heavy atom. The summed E-state index contributed by atoms with van der Waals surface area (Å²) in [6.07, 6.45) is 0. The summed E-state index contributed by atoms with van der Waals surface area (Å²) in [7, 11) is 1.39. The second-order valence-electron chi connectivity index (χ2n) is 6.74. The molecule has 4 nitrogen and oxygen atoms in total. The fourth-order valence-electron chi connectivity index (χ4n) is 3.12. The summed E-state index contributed by atoms with van der Waals surface area (Å²) in [6.45, 7) is 2.07. The molecule has 0 aliphatic rings. The van der Waals surface area contributed by atoms with E-state index in [9.17, 15) is 4.79 Å². The van der Waals surface area contributed by atoms with E-state index in [0.29, 0.717) is 5.56 Å². The van der Waals surface area contributed by atoms with Gasteiger partial charge in [0.25, 0.3) is 0 Å². The molecular weight excluding hydrogens is 380 g/mol. The van der Waals surface area contributed by atoms with Crippen LogP contribution in [0.1, 0.15) is 21.5 Å². The molecule has 144 valence electrons. The van der Waals surface area contributed by atoms with Crippen LogP contribution in [0.4, 0.5) is 0 Å². The lowest BCUT2D eigenvalue weighted by atomic mass is 10.0. The van der Waals surface area contributed by atoms with E-state index in [1.807, 2.05) is 24.3 Å². The van der Waals surface area contributed by atoms with Crippen LogP contribution < -0.4 is 0 Å². The molecular formula is C24H20N2O2S. The lowest BCUT2D eigenvalue weighted by Gasteiger charge is -2.10. The van der Waals surface area contributed by atoms with E-state index in [-0.39, 0.29) is 5.97 Å². The third-order valence-corrected chi connectivity index (χ3v) is 5.78. The van der Waals surface area contributed by atoms with Crippen molar-refractivity contribution in [2.24, 2.45) is 0 Å². The molecule has 0 aliphatic carbocycles. The Kier molecular flexibility index (Phi) is 5.58. The van der Waals surface area contributed by atoms with Crippen molar-refractivity contribution in [3.63, 3.8) is 0 Å². The largest absolute Gasteiger partial charge is 0.465 e. The van der Waals surface area contributed by atoms with Gasteiger partial charge in [-0.2, -0.15) is 0 Å². The molecule has 5 heteroatoms. The van der Waals surface area contributed by atoms with Gasteiger partial charge in [-0.1, -0.05) is 78.0 Å². The summed E-state index contributed by atoms with van der Waals surface area (Å²) in [5, 5.41) is 12.1. The maximum absolute atomic E-state index is 11.6. The maximum atomic E-state index is 11.6. The molecule has 0 spiro atoms. The van der Waals surface area contributed by atoms with Crippen LogP contribution in [0.15, 0.2) is 77.8 Å². The third kappa shape index (κ3) is 4.15. The van der Waals surface area contributed by atoms with Gasteiger partial charge in [0.1, 0.15) is 10.7 Å². The quantitative estimate of drug-likeness (QED) is 0.318. The molecule has 4 aromatic rings. The number of aryl methyl sites for hydroxylation is 1. The lowest BCUT2D eigenvalue weighted by Crippen LogP contribution is -2.00. The SMILES string of the molecule is COC(=O)c1ccc(CSc2nnc(-c3ccc(C)cc3)c3ccccc23)cc1. The Morgan fingerprint density at radius 3 is 2.28 bits per heavy atom. The molecule has 0 bridgehead atoms. The molecule has 0 radical (unpaired) electrons. The number of hydrogen-bond donors (Lipinski definition) is 0. The Labute approximate surface area is 173 Å². The van der Waals surface area contributed by atoms with Crippen molar-refractivity contribution >= 4 is 28.5 Å². The van der Waals surface area contributed by atoms with Crippen molar-refractivity contribution in [2.45, 2.75) is 17.7 Å². The van der Waals surface area contributed by atoms with Crippen molar-refractivity contribution in [3.05, 3.63) is 89.5 Å². The van der Waals surface area contributed by atoms with Crippen LogP contribution in [-0.2, 0) is 10.5 Å². The zero-order chi connectivity index (χ0) is 20.2. The van der Waals surface area contributed by atoms with Crippen LogP contribution in [-0.4, -0.2) is 23.3 Å². The van der Waals surface area contributed by atoms with Gasteiger partial charge in [0.15, 0.2) is 0 Å². The normalized spacial score (nSPS) is 10.8. The van der Waals surface area contributed by atoms with Crippen molar-refractivity contribution in [3.8, 4) is 11.3 Å². The zero-order valence-corrected chi connectivity index (χ0v) is 17.1. The second kappa shape index (κ2) is 8.45. The number of fused-ring (bicyclic) bond motifs is 1. The summed E-state index contributed by atoms with van der Waals surface area (Å²) in [5.41, 5.74) is 4.84. The van der Waals surface area contributed by atoms with Crippen LogP contribution >= 0.6 is 11.8 Å². The smallest absolute Gasteiger partial charge is 0.337 e. The van der Waals surface area contributed by atoms with E-state index in [1.165, 1.54) is 12.7 Å². The Morgan fingerprint density at radius 1 is 0.897 bits per heavy atom. The highest BCUT2D eigenvalue weighted by atomic mass is 32.2. The van der Waals surface area contributed by atoms with E-state index in [1.54, 1.807) is 23.9 Å². The molecule has 0 amide bonds. The number of ether oxygens (including phenoxy) is 1. The minimum atomic E-state index is -0.326. The van der Waals surface area contributed by atoms with Crippen molar-refractivity contribution < 1.29 is 9.53 Å². The predicted molar refractivity (Wildman–Crippen MR) is 117 cm³/mol. The number of esters is 1. The van der Waals surface area contributed by atoms with E-state index >= 15 is 0 Å². The predicted octanol–water partition coefficient (Wildman–Crippen LogP) is 5.68. The standard InChI is InChI=1S/C24H20N2O2S/c1-16-7-11-18(12-8-16)22-20-5-3-4-6-21(20)23(26-25-22)29-15-17-9-13-19(14-10-17)24(27)28-2/h3-14H,15H2,1-2H3. The summed E-state index contributed by atoms with van der Waals surface area (Å²) >= 11 is 1.64. The van der Waals surface area contributed by atoms with Crippen molar-refractivity contribution in [1.29, 1.82) is 0 Å². The van der Waals surface area contributed by atoms with Crippen LogP contribution in [0.3, 0.4) is 0 Å². The molecule has 0 saturated carbocycles. The van der Waals surface area contributed by atoms with Gasteiger partial charge in [-0.3, -0.25) is 0 Å². The van der Waals surface area contributed by atoms with Gasteiger partial charge in [0, 0.05) is 22.1 Å². The molecule has 1 heterocycles. The minimum absolute atomic E-state index is 0.326. The molecule has 0 saturated heterocycles. The molecule has 0 atom stereocenters. The summed E-state index contributed by atoms with van der Waals surface area (Å²) in [6, 6.07) is 24.0. The number of carbonyl (C=O) groups is 1. The lowest BCUT2D eigenvalue weighted by molar-refractivity contribution is 0.0600. The van der Waals surface area contributed by atoms with Crippen molar-refractivity contribution in [2.75, 3.05) is 7.11 Å². The number of benzene rings is 3. The first-order valence-electron chi connectivity index (χ1n) is 9.28. The minimum Gasteiger partial charge on any atom is -0.465 e. The second-order valence-corrected chi connectivity index (χ2v) is 7.71. The monoisotopic (exact) mass is 400 g/mol. The summed E-state index contributed by atoms with van der Waals surface area (Å²) in [4.78, 5) is 11.6. The highest BCUT2D eigenvalue weighted by Crippen LogP contribution is 2.33. The number of methoxy groups -OCH3 is 1. The molecule has 29 heavy (non-hydrogen) atoms.